The number of amides is 1. The highest BCUT2D eigenvalue weighted by Gasteiger charge is 2.19. The van der Waals surface area contributed by atoms with Gasteiger partial charge in [-0.2, -0.15) is 0 Å². The summed E-state index contributed by atoms with van der Waals surface area (Å²) >= 11 is 17.2. The van der Waals surface area contributed by atoms with E-state index in [-0.39, 0.29) is 38.4 Å². The molecule has 5 nitrogen and oxygen atoms in total. The number of anilines is 1. The summed E-state index contributed by atoms with van der Waals surface area (Å²) < 4.78 is 18.5. The summed E-state index contributed by atoms with van der Waals surface area (Å²) in [6.07, 6.45) is 0. The lowest BCUT2D eigenvalue weighted by atomic mass is 10.2. The molecule has 2 rings (SSSR count). The van der Waals surface area contributed by atoms with E-state index in [9.17, 15) is 9.18 Å². The molecular weight excluding hydrogens is 319 g/mol. The quantitative estimate of drug-likeness (QED) is 0.674. The molecule has 2 aromatic rings. The fourth-order valence-electron chi connectivity index (χ4n) is 1.26. The van der Waals surface area contributed by atoms with Gasteiger partial charge in [0, 0.05) is 6.92 Å². The van der Waals surface area contributed by atoms with E-state index >= 15 is 0 Å². The number of benzene rings is 1. The lowest BCUT2D eigenvalue weighted by molar-refractivity contribution is -0.114. The smallest absolute Gasteiger partial charge is 0.322 e. The number of nitrogens with zero attached hydrogens (tertiary/aromatic N) is 2. The predicted molar refractivity (Wildman–Crippen MR) is 69.0 cm³/mol. The van der Waals surface area contributed by atoms with Crippen LogP contribution in [-0.4, -0.2) is 16.1 Å². The van der Waals surface area contributed by atoms with Gasteiger partial charge in [0.25, 0.3) is 5.89 Å². The van der Waals surface area contributed by atoms with E-state index in [0.717, 1.165) is 0 Å². The van der Waals surface area contributed by atoms with E-state index < -0.39 is 5.82 Å². The molecule has 0 fully saturated rings. The van der Waals surface area contributed by atoms with E-state index in [2.05, 4.69) is 15.5 Å². The van der Waals surface area contributed by atoms with E-state index in [0.29, 0.717) is 0 Å². The molecular formula is C10H5Cl3FN3O2. The maximum Gasteiger partial charge on any atom is 0.322 e. The second-order valence-corrected chi connectivity index (χ2v) is 4.60. The highest BCUT2D eigenvalue weighted by atomic mass is 35.5. The molecule has 0 saturated carbocycles. The van der Waals surface area contributed by atoms with Crippen LogP contribution in [0.25, 0.3) is 11.5 Å². The average Bonchev–Trinajstić information content (AvgIpc) is 2.78. The van der Waals surface area contributed by atoms with Crippen LogP contribution in [0.1, 0.15) is 6.92 Å². The van der Waals surface area contributed by atoms with Gasteiger partial charge in [0.2, 0.25) is 5.91 Å². The van der Waals surface area contributed by atoms with Crippen molar-refractivity contribution in [3.8, 4) is 11.5 Å². The van der Waals surface area contributed by atoms with Crippen molar-refractivity contribution in [2.24, 2.45) is 0 Å². The van der Waals surface area contributed by atoms with Crippen LogP contribution in [0.5, 0.6) is 0 Å². The van der Waals surface area contributed by atoms with E-state index in [4.69, 9.17) is 39.2 Å². The second kappa shape index (κ2) is 5.32. The Balaban J connectivity index is 2.47. The summed E-state index contributed by atoms with van der Waals surface area (Å²) in [5.41, 5.74) is 0.169. The number of hydrogen-bond donors (Lipinski definition) is 1. The summed E-state index contributed by atoms with van der Waals surface area (Å²) in [4.78, 5) is 10.8. The van der Waals surface area contributed by atoms with Gasteiger partial charge in [-0.1, -0.05) is 39.9 Å². The topological polar surface area (TPSA) is 68.0 Å². The zero-order valence-corrected chi connectivity index (χ0v) is 11.6. The molecule has 0 bridgehead atoms. The Morgan fingerprint density at radius 3 is 2.63 bits per heavy atom. The van der Waals surface area contributed by atoms with E-state index in [1.807, 2.05) is 0 Å². The van der Waals surface area contributed by atoms with Gasteiger partial charge >= 0.3 is 6.01 Å². The van der Waals surface area contributed by atoms with Gasteiger partial charge in [-0.25, -0.2) is 4.39 Å². The van der Waals surface area contributed by atoms with E-state index in [1.165, 1.54) is 13.0 Å². The van der Waals surface area contributed by atoms with Crippen LogP contribution in [0.3, 0.4) is 0 Å². The van der Waals surface area contributed by atoms with Crippen LogP contribution in [0.2, 0.25) is 15.1 Å². The number of rotatable bonds is 2. The van der Waals surface area contributed by atoms with E-state index in [1.54, 1.807) is 0 Å². The van der Waals surface area contributed by atoms with Crippen LogP contribution in [0, 0.1) is 5.82 Å². The summed E-state index contributed by atoms with van der Waals surface area (Å²) in [6, 6.07) is 1.09. The first-order valence-corrected chi connectivity index (χ1v) is 5.98. The molecule has 0 aliphatic heterocycles. The molecule has 9 heteroatoms. The second-order valence-electron chi connectivity index (χ2n) is 3.44. The fraction of sp³-hybridized carbons (Fsp3) is 0.100. The summed E-state index contributed by atoms with van der Waals surface area (Å²) in [6.45, 7) is 1.28. The molecule has 0 aliphatic carbocycles. The van der Waals surface area contributed by atoms with Crippen LogP contribution in [0.4, 0.5) is 10.4 Å². The first-order chi connectivity index (χ1) is 8.90. The Morgan fingerprint density at radius 1 is 1.32 bits per heavy atom. The number of aromatic nitrogens is 2. The van der Waals surface area contributed by atoms with Crippen molar-refractivity contribution >= 4 is 46.7 Å². The number of carbonyl (C=O) groups excluding carboxylic acids is 1. The average molecular weight is 325 g/mol. The Bertz CT molecular complexity index is 660. The third-order valence-corrected chi connectivity index (χ3v) is 3.16. The van der Waals surface area contributed by atoms with Gasteiger partial charge in [-0.15, -0.1) is 5.10 Å². The van der Waals surface area contributed by atoms with Crippen molar-refractivity contribution in [3.05, 3.63) is 27.0 Å². The molecule has 0 unspecified atom stereocenters. The lowest BCUT2D eigenvalue weighted by Crippen LogP contribution is -2.05. The van der Waals surface area contributed by atoms with Crippen molar-refractivity contribution < 1.29 is 13.6 Å². The normalized spacial score (nSPS) is 10.6. The Labute approximate surface area is 121 Å². The van der Waals surface area contributed by atoms with Gasteiger partial charge in [0.1, 0.15) is 0 Å². The molecule has 0 saturated heterocycles. The van der Waals surface area contributed by atoms with Crippen molar-refractivity contribution in [2.75, 3.05) is 5.32 Å². The number of halogens is 4. The first kappa shape index (κ1) is 14.0. The minimum atomic E-state index is -0.835. The van der Waals surface area contributed by atoms with Crippen LogP contribution in [-0.2, 0) is 4.79 Å². The highest BCUT2D eigenvalue weighted by Crippen LogP contribution is 2.38. The minimum absolute atomic E-state index is 0.0439. The summed E-state index contributed by atoms with van der Waals surface area (Å²) in [5, 5.41) is 8.83. The van der Waals surface area contributed by atoms with Crippen molar-refractivity contribution in [1.29, 1.82) is 0 Å². The molecule has 19 heavy (non-hydrogen) atoms. The predicted octanol–water partition coefficient (Wildman–Crippen LogP) is 3.79. The molecule has 100 valence electrons. The van der Waals surface area contributed by atoms with Gasteiger partial charge < -0.3 is 4.42 Å². The van der Waals surface area contributed by atoms with Crippen molar-refractivity contribution in [1.82, 2.24) is 10.2 Å². The zero-order valence-electron chi connectivity index (χ0n) is 9.30. The van der Waals surface area contributed by atoms with Crippen LogP contribution in [0.15, 0.2) is 10.5 Å². The molecule has 0 radical (unpaired) electrons. The molecule has 0 atom stereocenters. The van der Waals surface area contributed by atoms with Crippen molar-refractivity contribution in [2.45, 2.75) is 6.92 Å². The Hall–Kier alpha value is -1.37. The fourth-order valence-corrected chi connectivity index (χ4v) is 1.94. The van der Waals surface area contributed by atoms with Gasteiger partial charge in [0.05, 0.1) is 20.6 Å². The SMILES string of the molecule is CC(=O)Nc1nnc(-c2cc(Cl)c(F)c(Cl)c2Cl)o1. The van der Waals surface area contributed by atoms with Gasteiger partial charge in [-0.05, 0) is 6.07 Å². The molecule has 1 amide bonds. The van der Waals surface area contributed by atoms with Crippen LogP contribution < -0.4 is 5.32 Å². The molecule has 1 heterocycles. The molecule has 0 aliphatic rings. The number of hydrogen-bond acceptors (Lipinski definition) is 4. The maximum absolute atomic E-state index is 13.4. The third-order valence-electron chi connectivity index (χ3n) is 2.04. The number of nitrogens with one attached hydrogen (secondary N) is 1. The molecule has 1 aromatic heterocycles. The first-order valence-electron chi connectivity index (χ1n) is 4.84. The largest absolute Gasteiger partial charge is 0.403 e. The lowest BCUT2D eigenvalue weighted by Gasteiger charge is -2.04. The molecule has 0 spiro atoms. The zero-order chi connectivity index (χ0) is 14.2. The molecule has 1 aromatic carbocycles. The minimum Gasteiger partial charge on any atom is -0.403 e. The molecule has 1 N–H and O–H groups in total. The Kier molecular flexibility index (Phi) is 3.93. The third kappa shape index (κ3) is 2.80. The maximum atomic E-state index is 13.4. The summed E-state index contributed by atoms with van der Waals surface area (Å²) in [5.74, 6) is -1.26. The van der Waals surface area contributed by atoms with Crippen molar-refractivity contribution in [3.63, 3.8) is 0 Å². The Morgan fingerprint density at radius 2 is 2.00 bits per heavy atom. The highest BCUT2D eigenvalue weighted by molar-refractivity contribution is 6.45. The number of carbonyl (C=O) groups is 1. The van der Waals surface area contributed by atoms with Gasteiger partial charge in [-0.3, -0.25) is 10.1 Å². The monoisotopic (exact) mass is 323 g/mol. The standard InChI is InChI=1S/C10H5Cl3FN3O2/c1-3(18)15-10-17-16-9(19-10)4-2-5(11)8(14)7(13)6(4)12/h2H,1H3,(H,15,17,18). The van der Waals surface area contributed by atoms with Crippen LogP contribution >= 0.6 is 34.8 Å². The summed E-state index contributed by atoms with van der Waals surface area (Å²) in [7, 11) is 0. The van der Waals surface area contributed by atoms with Gasteiger partial charge in [0.15, 0.2) is 5.82 Å².